The van der Waals surface area contributed by atoms with Gasteiger partial charge in [-0.15, -0.1) is 0 Å². The summed E-state index contributed by atoms with van der Waals surface area (Å²) in [6.45, 7) is 46.0. The Morgan fingerprint density at radius 1 is 0.274 bits per heavy atom. The van der Waals surface area contributed by atoms with Gasteiger partial charge < -0.3 is 90.6 Å². The van der Waals surface area contributed by atoms with Gasteiger partial charge in [0.25, 0.3) is 0 Å². The van der Waals surface area contributed by atoms with E-state index in [2.05, 4.69) is 84.4 Å². The van der Waals surface area contributed by atoms with Gasteiger partial charge in [-0.1, -0.05) is 89.5 Å². The normalized spacial score (nSPS) is 55.6. The van der Waals surface area contributed by atoms with E-state index < -0.39 is 160 Å². The number of hydrogen-bond donors (Lipinski definition) is 2. The third-order valence-corrected chi connectivity index (χ3v) is 43.6. The minimum atomic E-state index is -4.84. The Balaban J connectivity index is 0.000000117. The number of nitrogens with zero attached hydrogens (tertiary/aromatic N) is 2. The second-order valence-electron chi connectivity index (χ2n) is 52.0. The maximum atomic E-state index is 12.0. The lowest BCUT2D eigenvalue weighted by Gasteiger charge is -2.60. The standard InChI is InChI=1S/C38H61NO10.C37H60N2O10.C33H52O14S/c1-22-10-12-29-24(3)31(42-33-37(29)27(22)14-16-35(5,44-33)46-48-37)40-20-26(39-18-8-7-9-19-39)21-41-32-25(4)30-13-11-23(2)28-15-17-36(6)45-34(43-32)38(28,30)49-47-36;1-21-7-9-28-23(3)30(42-32-36(28)26(21)11-13-34(5,44-32)46-48-36)40-19-25(39-17-15-38-16-18-39)20-41-31-24(4)29-10-8-22(2)27-12-14-35(6)45-33(43-31)37(27,29)49-47-35;1-17-7-9-24-19(3)26(39-28-32(24)22(17)11-13-30(5,41-28)44-46-32)37-15-21(43-48(34,35)36)16-38-27-20(4)25-10-8-18(2)23-12-14-31(6)42-29(40-27)33(23,25)47-45-31/h22-34H,7-21H2,1-6H3;21-33,38H,7-20H2,1-6H3;17-29H,7-16H2,1-6H3,(H,34,35,36)/t22-,23-,24-,25-,26?,27+,28+,29+,30+,31+,32+,33-,34?,35-,36-,37-,38-;21-,22-,23-,24-,25?,26+,27+,28+,29+,30+,31+,32-,33?,34-,35-,36-,37-;17-,18-,19-,20-,21?,22+,23+,24+,25+,26+,27+,28-,29?,30-,31+,32-,33-/m111/s1. The first-order valence-electron chi connectivity index (χ1n) is 57.5. The smallest absolute Gasteiger partial charge is 0.351 e. The number of nitrogens with one attached hydrogen (secondary N) is 1. The Morgan fingerprint density at radius 3 is 0.692 bits per heavy atom. The zero-order valence-corrected chi connectivity index (χ0v) is 90.6. The van der Waals surface area contributed by atoms with E-state index in [0.29, 0.717) is 98.4 Å². The van der Waals surface area contributed by atoms with Crippen LogP contribution in [-0.4, -0.2) is 264 Å². The number of hydrogen-bond acceptors (Lipinski definition) is 36. The fraction of sp³-hybridized carbons (Fsp3) is 1.00. The summed E-state index contributed by atoms with van der Waals surface area (Å²) >= 11 is 0. The lowest BCUT2D eigenvalue weighted by molar-refractivity contribution is -0.578. The second-order valence-corrected chi connectivity index (χ2v) is 53.0. The molecule has 26 aliphatic heterocycles. The van der Waals surface area contributed by atoms with Crippen LogP contribution < -0.4 is 5.32 Å². The van der Waals surface area contributed by atoms with Crippen LogP contribution in [0.2, 0.25) is 0 Å². The first-order valence-corrected chi connectivity index (χ1v) is 58.9. The SMILES string of the molecule is C[C@H]1[C@@H](OCC(CO[C@H]2O[C@@H]3O[C@@]4(C)CC[C@H]5[C@H](C)CC[C@@H]([C@H]2C)[C@@]35OO4)N2CCCCC2)OC2O[C@@]3(C)CC[C@H]4[C@H](C)CC[C@@H]1[C@@]24OO3.C[C@H]1[C@@H](OCC(CO[C@H]2O[C@@H]3O[C@@]4(C)CC[C@H]5[C@H](C)CC[C@@H]([C@H]2C)[C@@]35OO4)N2CCNCC2)OC2O[C@@]3(C)CC[C@H]4[C@H](C)CC[C@@H]1[C@@]24OO3.C[C@H]1[C@@H](OCC(CO[C@H]2O[C@@H]3O[C@@]4(C)CC[C@H]5[C@H](C)CC[C@@H]([C@H]2C)[C@@]35OO4)OS(=O)(=O)O)OC2O[C@]3(C)CC[C@H]4[C@H](C)CC[C@@H]1[C@@]24OO3. The Kier molecular flexibility index (Phi) is 29.0. The number of likely N-dealkylation sites (tertiary alicyclic amines) is 1. The molecule has 0 aromatic rings. The minimum Gasteiger partial charge on any atom is -0.351 e. The molecule has 32 aliphatic rings. The molecule has 830 valence electrons. The zero-order chi connectivity index (χ0) is 101. The third kappa shape index (κ3) is 17.9. The number of rotatable bonds is 22. The maximum Gasteiger partial charge on any atom is 0.397 e. The third-order valence-electron chi connectivity index (χ3n) is 43.1. The van der Waals surface area contributed by atoms with Gasteiger partial charge in [0.2, 0.25) is 34.7 Å². The molecule has 2 N–H and O–H groups in total. The summed E-state index contributed by atoms with van der Waals surface area (Å²) in [6.07, 6.45) is 19.0. The molecule has 37 nitrogen and oxygen atoms in total. The van der Waals surface area contributed by atoms with Gasteiger partial charge in [-0.2, -0.15) is 8.42 Å². The first kappa shape index (κ1) is 106. The van der Waals surface area contributed by atoms with Crippen molar-refractivity contribution in [1.29, 1.82) is 0 Å². The van der Waals surface area contributed by atoms with E-state index in [0.717, 1.165) is 155 Å². The van der Waals surface area contributed by atoms with E-state index >= 15 is 0 Å². The van der Waals surface area contributed by atoms with Gasteiger partial charge in [-0.3, -0.25) is 14.4 Å². The van der Waals surface area contributed by atoms with Crippen molar-refractivity contribution in [2.45, 2.75) is 460 Å². The van der Waals surface area contributed by atoms with Crippen LogP contribution in [0.4, 0.5) is 0 Å². The molecular weight excluding hydrogens is 1920 g/mol. The number of piperazine rings is 1. The minimum absolute atomic E-state index is 0.0242. The summed E-state index contributed by atoms with van der Waals surface area (Å²) < 4.78 is 158. The summed E-state index contributed by atoms with van der Waals surface area (Å²) in [5, 5.41) is 3.50. The van der Waals surface area contributed by atoms with Crippen molar-refractivity contribution in [2.75, 3.05) is 78.9 Å². The molecule has 38 heteroatoms. The molecule has 0 aromatic heterocycles. The van der Waals surface area contributed by atoms with E-state index in [1.807, 2.05) is 55.4 Å². The van der Waals surface area contributed by atoms with Crippen molar-refractivity contribution in [3.63, 3.8) is 0 Å². The average molecular weight is 2090 g/mol. The highest BCUT2D eigenvalue weighted by molar-refractivity contribution is 7.80. The molecule has 6 unspecified atom stereocenters. The highest BCUT2D eigenvalue weighted by atomic mass is 32.3. The van der Waals surface area contributed by atoms with Crippen LogP contribution >= 0.6 is 0 Å². The molecule has 32 fully saturated rings. The molecule has 12 bridgehead atoms. The van der Waals surface area contributed by atoms with Crippen LogP contribution in [0, 0.1) is 142 Å². The summed E-state index contributed by atoms with van der Waals surface area (Å²) in [4.78, 5) is 78.8. The molecule has 6 aliphatic carbocycles. The molecule has 0 aromatic carbocycles. The van der Waals surface area contributed by atoms with E-state index in [1.165, 1.54) is 44.9 Å². The summed E-state index contributed by atoms with van der Waals surface area (Å²) in [7, 11) is -4.84. The highest BCUT2D eigenvalue weighted by Gasteiger charge is 2.78. The molecule has 51 atom stereocenters. The predicted octanol–water partition coefficient (Wildman–Crippen LogP) is 15.6. The Morgan fingerprint density at radius 2 is 0.479 bits per heavy atom. The molecular formula is C108H173N3O34S. The van der Waals surface area contributed by atoms with Gasteiger partial charge in [0.15, 0.2) is 109 Å². The highest BCUT2D eigenvalue weighted by Crippen LogP contribution is 2.70. The monoisotopic (exact) mass is 2090 g/mol. The van der Waals surface area contributed by atoms with E-state index in [4.69, 9.17) is 148 Å². The molecule has 6 saturated carbocycles. The van der Waals surface area contributed by atoms with Gasteiger partial charge in [0, 0.05) is 136 Å². The van der Waals surface area contributed by atoms with Crippen LogP contribution in [0.3, 0.4) is 0 Å². The largest absolute Gasteiger partial charge is 0.397 e. The van der Waals surface area contributed by atoms with E-state index in [1.54, 1.807) is 0 Å². The van der Waals surface area contributed by atoms with E-state index in [9.17, 15) is 13.0 Å². The zero-order valence-electron chi connectivity index (χ0n) is 89.8. The molecule has 0 amide bonds. The molecule has 6 spiro atoms. The van der Waals surface area contributed by atoms with Crippen LogP contribution in [0.25, 0.3) is 0 Å². The quantitative estimate of drug-likeness (QED) is 0.0751. The van der Waals surface area contributed by atoms with Gasteiger partial charge in [-0.25, -0.2) is 62.8 Å². The first-order chi connectivity index (χ1) is 69.8. The fourth-order valence-electron chi connectivity index (χ4n) is 34.7. The van der Waals surface area contributed by atoms with Gasteiger partial charge in [0.1, 0.15) is 6.10 Å². The Bertz CT molecular complexity index is 4250. The van der Waals surface area contributed by atoms with E-state index in [-0.39, 0.29) is 108 Å². The average Bonchev–Trinajstić information content (AvgIpc) is 1.45. The Labute approximate surface area is 863 Å². The second kappa shape index (κ2) is 39.9. The molecule has 32 rings (SSSR count). The van der Waals surface area contributed by atoms with Crippen molar-refractivity contribution in [3.05, 3.63) is 0 Å². The topological polar surface area (TPSA) is 359 Å². The maximum absolute atomic E-state index is 12.0. The van der Waals surface area contributed by atoms with Crippen LogP contribution in [0.1, 0.15) is 298 Å². The van der Waals surface area contributed by atoms with Crippen molar-refractivity contribution < 1.29 is 161 Å². The lowest BCUT2D eigenvalue weighted by Crippen LogP contribution is -2.70. The van der Waals surface area contributed by atoms with Crippen molar-refractivity contribution in [2.24, 2.45) is 142 Å². The molecule has 146 heavy (non-hydrogen) atoms. The van der Waals surface area contributed by atoms with Crippen molar-refractivity contribution in [1.82, 2.24) is 15.1 Å². The number of piperidine rings is 1. The van der Waals surface area contributed by atoms with Crippen molar-refractivity contribution in [3.8, 4) is 0 Å². The van der Waals surface area contributed by atoms with Gasteiger partial charge in [-0.05, 0) is 254 Å². The lowest BCUT2D eigenvalue weighted by atomic mass is 9.58. The number of ether oxygens (including phenoxy) is 18. The summed E-state index contributed by atoms with van der Waals surface area (Å²) in [5.41, 5.74) is -3.88. The molecule has 26 heterocycles. The summed E-state index contributed by atoms with van der Waals surface area (Å²) in [6, 6.07) is 0.107. The predicted molar refractivity (Wildman–Crippen MR) is 511 cm³/mol. The molecule has 26 saturated heterocycles. The summed E-state index contributed by atoms with van der Waals surface area (Å²) in [5.74, 6) is 0.803. The number of fused-ring (bicyclic) bond motifs is 12. The van der Waals surface area contributed by atoms with Gasteiger partial charge in [0.05, 0.1) is 51.7 Å². The molecule has 0 radical (unpaired) electrons. The van der Waals surface area contributed by atoms with Gasteiger partial charge >= 0.3 is 10.4 Å². The van der Waals surface area contributed by atoms with Crippen LogP contribution in [0.5, 0.6) is 0 Å². The van der Waals surface area contributed by atoms with Crippen LogP contribution in [0.15, 0.2) is 0 Å². The fourth-order valence-corrected chi connectivity index (χ4v) is 35.2. The van der Waals surface area contributed by atoms with Crippen LogP contribution in [-0.2, 0) is 158 Å². The van der Waals surface area contributed by atoms with Crippen molar-refractivity contribution >= 4 is 10.4 Å². The Hall–Kier alpha value is -1.45.